The second-order valence-corrected chi connectivity index (χ2v) is 4.03. The third kappa shape index (κ3) is 3.84. The van der Waals surface area contributed by atoms with Gasteiger partial charge in [-0.05, 0) is 30.2 Å². The normalized spacial score (nSPS) is 10.2. The first-order chi connectivity index (χ1) is 9.15. The Hall–Kier alpha value is -2.30. The van der Waals surface area contributed by atoms with E-state index in [-0.39, 0.29) is 18.0 Å². The highest BCUT2D eigenvalue weighted by molar-refractivity contribution is 5.90. The van der Waals surface area contributed by atoms with Crippen molar-refractivity contribution in [1.29, 1.82) is 0 Å². The molecule has 5 heteroatoms. The van der Waals surface area contributed by atoms with Gasteiger partial charge in [-0.25, -0.2) is 8.78 Å². The molecule has 1 aromatic carbocycles. The van der Waals surface area contributed by atoms with Gasteiger partial charge in [-0.1, -0.05) is 6.07 Å². The van der Waals surface area contributed by atoms with Gasteiger partial charge in [-0.2, -0.15) is 0 Å². The number of rotatable bonds is 4. The highest BCUT2D eigenvalue weighted by Crippen LogP contribution is 2.15. The van der Waals surface area contributed by atoms with Gasteiger partial charge >= 0.3 is 0 Å². The Morgan fingerprint density at radius 2 is 2.11 bits per heavy atom. The molecule has 98 valence electrons. The molecule has 1 amide bonds. The van der Waals surface area contributed by atoms with E-state index in [1.807, 2.05) is 6.07 Å². The molecule has 0 saturated heterocycles. The highest BCUT2D eigenvalue weighted by atomic mass is 19.1. The number of aryl methyl sites for hydroxylation is 1. The van der Waals surface area contributed by atoms with E-state index in [0.29, 0.717) is 6.42 Å². The summed E-state index contributed by atoms with van der Waals surface area (Å²) in [6.07, 6.45) is 4.05. The van der Waals surface area contributed by atoms with Gasteiger partial charge in [0.2, 0.25) is 5.91 Å². The van der Waals surface area contributed by atoms with Crippen molar-refractivity contribution < 1.29 is 13.6 Å². The van der Waals surface area contributed by atoms with Crippen LogP contribution in [0.25, 0.3) is 0 Å². The van der Waals surface area contributed by atoms with E-state index in [1.54, 1.807) is 18.5 Å². The standard InChI is InChI=1S/C14H12F2N2O/c15-11-4-5-13(12(16)8-11)18-14(19)6-3-10-2-1-7-17-9-10/h1-2,4-5,7-9H,3,6H2,(H,18,19). The lowest BCUT2D eigenvalue weighted by molar-refractivity contribution is -0.116. The van der Waals surface area contributed by atoms with Crippen LogP contribution in [0.1, 0.15) is 12.0 Å². The van der Waals surface area contributed by atoms with Crippen molar-refractivity contribution in [2.24, 2.45) is 0 Å². The zero-order valence-corrected chi connectivity index (χ0v) is 10.1. The van der Waals surface area contributed by atoms with E-state index in [4.69, 9.17) is 0 Å². The molecule has 0 unspecified atom stereocenters. The van der Waals surface area contributed by atoms with Crippen molar-refractivity contribution in [2.75, 3.05) is 5.32 Å². The summed E-state index contributed by atoms with van der Waals surface area (Å²) in [6, 6.07) is 6.68. The summed E-state index contributed by atoms with van der Waals surface area (Å²) in [6.45, 7) is 0. The molecule has 0 spiro atoms. The Morgan fingerprint density at radius 1 is 1.26 bits per heavy atom. The topological polar surface area (TPSA) is 42.0 Å². The maximum atomic E-state index is 13.3. The molecule has 1 N–H and O–H groups in total. The second kappa shape index (κ2) is 6.04. The van der Waals surface area contributed by atoms with Gasteiger partial charge in [0.05, 0.1) is 5.69 Å². The molecule has 0 radical (unpaired) electrons. The van der Waals surface area contributed by atoms with Crippen LogP contribution in [-0.2, 0) is 11.2 Å². The number of aromatic nitrogens is 1. The van der Waals surface area contributed by atoms with Gasteiger partial charge in [0.25, 0.3) is 0 Å². The minimum absolute atomic E-state index is 0.0161. The number of nitrogens with zero attached hydrogens (tertiary/aromatic N) is 1. The molecule has 2 rings (SSSR count). The van der Waals surface area contributed by atoms with E-state index in [1.165, 1.54) is 6.07 Å². The quantitative estimate of drug-likeness (QED) is 0.920. The first-order valence-corrected chi connectivity index (χ1v) is 5.79. The Labute approximate surface area is 109 Å². The van der Waals surface area contributed by atoms with Gasteiger partial charge in [0.15, 0.2) is 0 Å². The minimum Gasteiger partial charge on any atom is -0.324 e. The van der Waals surface area contributed by atoms with Crippen molar-refractivity contribution in [2.45, 2.75) is 12.8 Å². The number of carbonyl (C=O) groups is 1. The number of hydrogen-bond donors (Lipinski definition) is 1. The van der Waals surface area contributed by atoms with E-state index in [9.17, 15) is 13.6 Å². The van der Waals surface area contributed by atoms with E-state index in [0.717, 1.165) is 17.7 Å². The van der Waals surface area contributed by atoms with Crippen molar-refractivity contribution in [3.63, 3.8) is 0 Å². The number of anilines is 1. The van der Waals surface area contributed by atoms with Crippen molar-refractivity contribution in [3.8, 4) is 0 Å². The lowest BCUT2D eigenvalue weighted by Crippen LogP contribution is -2.13. The van der Waals surface area contributed by atoms with Crippen molar-refractivity contribution in [3.05, 3.63) is 59.9 Å². The first-order valence-electron chi connectivity index (χ1n) is 5.79. The van der Waals surface area contributed by atoms with Crippen LogP contribution in [0.15, 0.2) is 42.7 Å². The fourth-order valence-electron chi connectivity index (χ4n) is 1.61. The molecule has 0 aliphatic heterocycles. The van der Waals surface area contributed by atoms with Crippen molar-refractivity contribution >= 4 is 11.6 Å². The van der Waals surface area contributed by atoms with Gasteiger partial charge < -0.3 is 5.32 Å². The predicted octanol–water partition coefficient (Wildman–Crippen LogP) is 2.93. The minimum atomic E-state index is -0.783. The molecule has 19 heavy (non-hydrogen) atoms. The van der Waals surface area contributed by atoms with Crippen LogP contribution in [0.3, 0.4) is 0 Å². The van der Waals surface area contributed by atoms with Crippen LogP contribution >= 0.6 is 0 Å². The predicted molar refractivity (Wildman–Crippen MR) is 67.5 cm³/mol. The second-order valence-electron chi connectivity index (χ2n) is 4.03. The highest BCUT2D eigenvalue weighted by Gasteiger charge is 2.08. The third-order valence-corrected chi connectivity index (χ3v) is 2.57. The molecular formula is C14H12F2N2O. The maximum Gasteiger partial charge on any atom is 0.224 e. The number of hydrogen-bond acceptors (Lipinski definition) is 2. The summed E-state index contributed by atoms with van der Waals surface area (Å²) >= 11 is 0. The smallest absolute Gasteiger partial charge is 0.224 e. The first kappa shape index (κ1) is 13.1. The number of pyridine rings is 1. The zero-order chi connectivity index (χ0) is 13.7. The van der Waals surface area contributed by atoms with Gasteiger partial charge in [-0.15, -0.1) is 0 Å². The molecule has 0 bridgehead atoms. The Bertz CT molecular complexity index is 573. The fraction of sp³-hybridized carbons (Fsp3) is 0.143. The Morgan fingerprint density at radius 3 is 2.79 bits per heavy atom. The summed E-state index contributed by atoms with van der Waals surface area (Å²) < 4.78 is 26.0. The molecule has 0 saturated carbocycles. The summed E-state index contributed by atoms with van der Waals surface area (Å²) in [7, 11) is 0. The molecular weight excluding hydrogens is 250 g/mol. The lowest BCUT2D eigenvalue weighted by Gasteiger charge is -2.06. The van der Waals surface area contributed by atoms with Crippen LogP contribution in [0.5, 0.6) is 0 Å². The molecule has 0 aliphatic rings. The largest absolute Gasteiger partial charge is 0.324 e. The Kier molecular flexibility index (Phi) is 4.18. The number of halogens is 2. The van der Waals surface area contributed by atoms with E-state index >= 15 is 0 Å². The third-order valence-electron chi connectivity index (χ3n) is 2.57. The number of nitrogens with one attached hydrogen (secondary N) is 1. The molecule has 0 aliphatic carbocycles. The number of carbonyl (C=O) groups excluding carboxylic acids is 1. The van der Waals surface area contributed by atoms with Crippen LogP contribution in [0.2, 0.25) is 0 Å². The van der Waals surface area contributed by atoms with Gasteiger partial charge in [0.1, 0.15) is 11.6 Å². The summed E-state index contributed by atoms with van der Waals surface area (Å²) in [5.74, 6) is -1.78. The average molecular weight is 262 g/mol. The zero-order valence-electron chi connectivity index (χ0n) is 10.1. The molecule has 2 aromatic rings. The number of benzene rings is 1. The number of amides is 1. The van der Waals surface area contributed by atoms with E-state index in [2.05, 4.69) is 10.3 Å². The summed E-state index contributed by atoms with van der Waals surface area (Å²) in [5.41, 5.74) is 0.912. The van der Waals surface area contributed by atoms with E-state index < -0.39 is 11.6 Å². The maximum absolute atomic E-state index is 13.3. The van der Waals surface area contributed by atoms with Gasteiger partial charge in [-0.3, -0.25) is 9.78 Å². The molecule has 0 fully saturated rings. The van der Waals surface area contributed by atoms with Gasteiger partial charge in [0, 0.05) is 24.9 Å². The molecule has 3 nitrogen and oxygen atoms in total. The van der Waals surface area contributed by atoms with Crippen LogP contribution in [0, 0.1) is 11.6 Å². The molecule has 1 heterocycles. The van der Waals surface area contributed by atoms with Crippen LogP contribution in [-0.4, -0.2) is 10.9 Å². The average Bonchev–Trinajstić information content (AvgIpc) is 2.41. The monoisotopic (exact) mass is 262 g/mol. The van der Waals surface area contributed by atoms with Crippen LogP contribution < -0.4 is 5.32 Å². The Balaban J connectivity index is 1.91. The molecule has 1 aromatic heterocycles. The lowest BCUT2D eigenvalue weighted by atomic mass is 10.1. The molecule has 0 atom stereocenters. The summed E-state index contributed by atoms with van der Waals surface area (Å²) in [4.78, 5) is 15.6. The fourth-order valence-corrected chi connectivity index (χ4v) is 1.61. The van der Waals surface area contributed by atoms with Crippen LogP contribution in [0.4, 0.5) is 14.5 Å². The van der Waals surface area contributed by atoms with Crippen molar-refractivity contribution in [1.82, 2.24) is 4.98 Å². The summed E-state index contributed by atoms with van der Waals surface area (Å²) in [5, 5.41) is 2.41. The SMILES string of the molecule is O=C(CCc1cccnc1)Nc1ccc(F)cc1F.